The molecule has 0 saturated carbocycles. The van der Waals surface area contributed by atoms with E-state index in [2.05, 4.69) is 5.32 Å². The predicted molar refractivity (Wildman–Crippen MR) is 91.3 cm³/mol. The van der Waals surface area contributed by atoms with Crippen molar-refractivity contribution in [1.82, 2.24) is 10.2 Å². The maximum Gasteiger partial charge on any atom is 0.261 e. The molecule has 0 saturated heterocycles. The number of carbonyl (C=O) groups is 3. The fraction of sp³-hybridized carbons (Fsp3) is 0.211. The van der Waals surface area contributed by atoms with Gasteiger partial charge in [-0.1, -0.05) is 30.3 Å². The normalized spacial score (nSPS) is 13.1. The summed E-state index contributed by atoms with van der Waals surface area (Å²) in [4.78, 5) is 38.4. The minimum absolute atomic E-state index is 0.211. The molecule has 0 aliphatic carbocycles. The van der Waals surface area contributed by atoms with Crippen LogP contribution in [0.5, 0.6) is 0 Å². The van der Waals surface area contributed by atoms with Gasteiger partial charge >= 0.3 is 0 Å². The van der Waals surface area contributed by atoms with Gasteiger partial charge in [0.15, 0.2) is 0 Å². The highest BCUT2D eigenvalue weighted by Gasteiger charge is 2.35. The van der Waals surface area contributed by atoms with Crippen LogP contribution in [-0.4, -0.2) is 42.9 Å². The smallest absolute Gasteiger partial charge is 0.261 e. The van der Waals surface area contributed by atoms with Crippen LogP contribution in [-0.2, 0) is 11.3 Å². The molecule has 2 aromatic rings. The lowest BCUT2D eigenvalue weighted by Crippen LogP contribution is -2.29. The molecule has 0 radical (unpaired) electrons. The zero-order chi connectivity index (χ0) is 17.8. The Morgan fingerprint density at radius 2 is 1.76 bits per heavy atom. The zero-order valence-electron chi connectivity index (χ0n) is 13.8. The highest BCUT2D eigenvalue weighted by Crippen LogP contribution is 2.25. The van der Waals surface area contributed by atoms with E-state index in [0.717, 1.165) is 5.56 Å². The summed E-state index contributed by atoms with van der Waals surface area (Å²) in [6, 6.07) is 13.9. The lowest BCUT2D eigenvalue weighted by molar-refractivity contribution is 0.0642. The number of imide groups is 1. The van der Waals surface area contributed by atoms with Crippen molar-refractivity contribution in [3.05, 3.63) is 70.8 Å². The Balaban J connectivity index is 1.79. The van der Waals surface area contributed by atoms with Crippen molar-refractivity contribution in [1.29, 1.82) is 0 Å². The molecule has 3 rings (SSSR count). The Hall–Kier alpha value is -2.99. The van der Waals surface area contributed by atoms with E-state index in [1.807, 2.05) is 30.3 Å². The second kappa shape index (κ2) is 7.27. The number of hydrogen-bond donors (Lipinski definition) is 1. The van der Waals surface area contributed by atoms with Gasteiger partial charge in [-0.25, -0.2) is 0 Å². The molecular weight excluding hydrogens is 320 g/mol. The molecule has 0 aromatic heterocycles. The van der Waals surface area contributed by atoms with Gasteiger partial charge in [-0.3, -0.25) is 19.3 Å². The van der Waals surface area contributed by atoms with Gasteiger partial charge in [0.05, 0.1) is 24.3 Å². The lowest BCUT2D eigenvalue weighted by Gasteiger charge is -2.13. The second-order valence-corrected chi connectivity index (χ2v) is 5.69. The molecule has 0 atom stereocenters. The number of methoxy groups -OCH3 is 1. The topological polar surface area (TPSA) is 75.7 Å². The van der Waals surface area contributed by atoms with Gasteiger partial charge in [0.25, 0.3) is 17.7 Å². The highest BCUT2D eigenvalue weighted by atomic mass is 16.5. The van der Waals surface area contributed by atoms with Gasteiger partial charge in [-0.05, 0) is 23.8 Å². The van der Waals surface area contributed by atoms with Crippen molar-refractivity contribution in [3.63, 3.8) is 0 Å². The number of benzene rings is 2. The second-order valence-electron chi connectivity index (χ2n) is 5.69. The van der Waals surface area contributed by atoms with Crippen molar-refractivity contribution < 1.29 is 19.1 Å². The van der Waals surface area contributed by atoms with E-state index in [0.29, 0.717) is 24.3 Å². The third kappa shape index (κ3) is 3.44. The van der Waals surface area contributed by atoms with Crippen LogP contribution >= 0.6 is 0 Å². The van der Waals surface area contributed by atoms with Crippen LogP contribution in [0.1, 0.15) is 36.6 Å². The van der Waals surface area contributed by atoms with Crippen molar-refractivity contribution in [3.8, 4) is 0 Å². The van der Waals surface area contributed by atoms with E-state index in [-0.39, 0.29) is 29.8 Å². The predicted octanol–water partition coefficient (Wildman–Crippen LogP) is 1.86. The fourth-order valence-electron chi connectivity index (χ4n) is 2.71. The van der Waals surface area contributed by atoms with Gasteiger partial charge in [-0.2, -0.15) is 0 Å². The van der Waals surface area contributed by atoms with Gasteiger partial charge in [0.2, 0.25) is 0 Å². The van der Waals surface area contributed by atoms with Crippen molar-refractivity contribution in [2.75, 3.05) is 20.3 Å². The minimum atomic E-state index is -0.379. The fourth-order valence-corrected chi connectivity index (χ4v) is 2.71. The van der Waals surface area contributed by atoms with Crippen LogP contribution in [0.3, 0.4) is 0 Å². The van der Waals surface area contributed by atoms with E-state index >= 15 is 0 Å². The molecule has 0 unspecified atom stereocenters. The summed E-state index contributed by atoms with van der Waals surface area (Å²) in [6.45, 7) is 0.987. The summed E-state index contributed by atoms with van der Waals surface area (Å²) in [7, 11) is 1.55. The largest absolute Gasteiger partial charge is 0.383 e. The summed E-state index contributed by atoms with van der Waals surface area (Å²) in [5.74, 6) is -1.02. The summed E-state index contributed by atoms with van der Waals surface area (Å²) in [5, 5.41) is 2.69. The molecule has 1 N–H and O–H groups in total. The zero-order valence-corrected chi connectivity index (χ0v) is 13.8. The van der Waals surface area contributed by atoms with Gasteiger partial charge in [0, 0.05) is 19.2 Å². The third-order valence-corrected chi connectivity index (χ3v) is 4.01. The van der Waals surface area contributed by atoms with Crippen LogP contribution in [0.25, 0.3) is 0 Å². The average molecular weight is 338 g/mol. The van der Waals surface area contributed by atoms with Gasteiger partial charge in [0.1, 0.15) is 0 Å². The highest BCUT2D eigenvalue weighted by molar-refractivity contribution is 6.22. The summed E-state index contributed by atoms with van der Waals surface area (Å²) < 4.78 is 4.88. The van der Waals surface area contributed by atoms with Crippen molar-refractivity contribution >= 4 is 17.7 Å². The van der Waals surface area contributed by atoms with Gasteiger partial charge < -0.3 is 10.1 Å². The number of ether oxygens (including phenoxy) is 1. The Morgan fingerprint density at radius 1 is 1.04 bits per heavy atom. The molecule has 0 spiro atoms. The van der Waals surface area contributed by atoms with Crippen LogP contribution < -0.4 is 5.32 Å². The first-order valence-electron chi connectivity index (χ1n) is 7.93. The van der Waals surface area contributed by atoms with Crippen molar-refractivity contribution in [2.24, 2.45) is 0 Å². The molecule has 0 bridgehead atoms. The van der Waals surface area contributed by atoms with Crippen molar-refractivity contribution in [2.45, 2.75) is 6.54 Å². The Morgan fingerprint density at radius 3 is 2.48 bits per heavy atom. The number of rotatable bonds is 6. The third-order valence-electron chi connectivity index (χ3n) is 4.01. The monoisotopic (exact) mass is 338 g/mol. The number of fused-ring (bicyclic) bond motifs is 1. The van der Waals surface area contributed by atoms with E-state index in [4.69, 9.17) is 4.74 Å². The summed E-state index contributed by atoms with van der Waals surface area (Å²) in [5.41, 5.74) is 1.81. The lowest BCUT2D eigenvalue weighted by atomic mass is 10.1. The molecule has 3 amide bonds. The Labute approximate surface area is 145 Å². The molecule has 6 heteroatoms. The molecule has 0 fully saturated rings. The summed E-state index contributed by atoms with van der Waals surface area (Å²) >= 11 is 0. The van der Waals surface area contributed by atoms with E-state index < -0.39 is 0 Å². The molecule has 6 nitrogen and oxygen atoms in total. The molecule has 1 aliphatic rings. The first-order chi connectivity index (χ1) is 12.1. The van der Waals surface area contributed by atoms with E-state index in [1.165, 1.54) is 17.0 Å². The van der Waals surface area contributed by atoms with Gasteiger partial charge in [-0.15, -0.1) is 0 Å². The number of amides is 3. The van der Waals surface area contributed by atoms with E-state index in [1.54, 1.807) is 13.2 Å². The number of hydrogen-bond acceptors (Lipinski definition) is 4. The molecule has 25 heavy (non-hydrogen) atoms. The minimum Gasteiger partial charge on any atom is -0.383 e. The molecule has 2 aromatic carbocycles. The SMILES string of the molecule is COCCNC(=O)c1ccc2c(c1)C(=O)N(Cc1ccccc1)C2=O. The average Bonchev–Trinajstić information content (AvgIpc) is 2.87. The quantitative estimate of drug-likeness (QED) is 0.644. The maximum absolute atomic E-state index is 12.6. The molecule has 1 heterocycles. The number of nitrogens with one attached hydrogen (secondary N) is 1. The van der Waals surface area contributed by atoms with Crippen LogP contribution in [0.15, 0.2) is 48.5 Å². The summed E-state index contributed by atoms with van der Waals surface area (Å²) in [6.07, 6.45) is 0. The maximum atomic E-state index is 12.6. The number of nitrogens with zero attached hydrogens (tertiary/aromatic N) is 1. The van der Waals surface area contributed by atoms with Crippen LogP contribution in [0.4, 0.5) is 0 Å². The van der Waals surface area contributed by atoms with Crippen LogP contribution in [0.2, 0.25) is 0 Å². The number of carbonyl (C=O) groups excluding carboxylic acids is 3. The standard InChI is InChI=1S/C19H18N2O4/c1-25-10-9-20-17(22)14-7-8-15-16(11-14)19(24)21(18(15)23)12-13-5-3-2-4-6-13/h2-8,11H,9-10,12H2,1H3,(H,20,22). The Kier molecular flexibility index (Phi) is 4.90. The van der Waals surface area contributed by atoms with E-state index in [9.17, 15) is 14.4 Å². The first-order valence-corrected chi connectivity index (χ1v) is 7.93. The molecule has 128 valence electrons. The molecular formula is C19H18N2O4. The Bertz CT molecular complexity index is 817. The molecule has 1 aliphatic heterocycles. The van der Waals surface area contributed by atoms with Crippen LogP contribution in [0, 0.1) is 0 Å². The first kappa shape index (κ1) is 16.9.